The zero-order valence-corrected chi connectivity index (χ0v) is 80.4. The quantitative estimate of drug-likeness (QED) is 0.115. The van der Waals surface area contributed by atoms with E-state index in [0.717, 1.165) is 139 Å². The van der Waals surface area contributed by atoms with Crippen molar-refractivity contribution in [2.45, 2.75) is 143 Å². The lowest BCUT2D eigenvalue weighted by atomic mass is 9.92. The summed E-state index contributed by atoms with van der Waals surface area (Å²) in [4.78, 5) is 43.1. The van der Waals surface area contributed by atoms with Crippen LogP contribution >= 0.6 is 0 Å². The van der Waals surface area contributed by atoms with Crippen molar-refractivity contribution in [1.82, 2.24) is 28.1 Å². The normalized spacial score (nSPS) is 11.8. The second-order valence-corrected chi connectivity index (χ2v) is 36.7. The van der Waals surface area contributed by atoms with Crippen LogP contribution in [0.1, 0.15) is 117 Å². The first-order valence-corrected chi connectivity index (χ1v) is 45.8. The molecule has 0 atom stereocenters. The SMILES string of the molecule is [C-]#[N+]c1ccc2c[n+]3n(c2c1[N+]#[C-])-c1c(C)c(C)c(C)c(C)c1C3.[C-]#[N+]c1ccc2c[n+]3n(c2c1[N+]#[C-])-c1c(C)c(C)cc(C)c1C3.[C-]#[N+]c1ccc2c[n+]3n(c2c1[N+]#[C-])-c1c(cc(C)c(C)c1C)C3.[C-]#[N+]c1ccc2c[n+]3n(c2c1[N+]#[C-])-c1c(ccc(C)c1C)C3.[C-]#[N+]c1ccc2c[n+]3n(c2c1[N+]#[C-])-c1cc(-c2ccccc2)ccc1C3.[C-]#[N+]c1ccc2c[n+]3n(c2c1[N+]#[C-])-c1cc(C)c(C)c(C)c1C3. The second kappa shape index (κ2) is 34.2. The van der Waals surface area contributed by atoms with Gasteiger partial charge in [0.15, 0.2) is 73.4 Å². The molecule has 24 heteroatoms. The van der Waals surface area contributed by atoms with E-state index in [1.165, 1.54) is 128 Å². The lowest BCUT2D eigenvalue weighted by Crippen LogP contribution is -2.36. The monoisotopic (exact) mass is 1830 g/mol. The summed E-state index contributed by atoms with van der Waals surface area (Å²) < 4.78 is 25.5. The molecule has 12 heterocycles. The van der Waals surface area contributed by atoms with Crippen molar-refractivity contribution < 1.29 is 28.1 Å². The summed E-state index contributed by atoms with van der Waals surface area (Å²) >= 11 is 0. The Labute approximate surface area is 815 Å². The van der Waals surface area contributed by atoms with E-state index in [9.17, 15) is 0 Å². The maximum Gasteiger partial charge on any atom is 0.224 e. The van der Waals surface area contributed by atoms with Crippen LogP contribution in [0.25, 0.3) is 169 Å². The highest BCUT2D eigenvalue weighted by Crippen LogP contribution is 2.49. The minimum atomic E-state index is 0.404. The molecule has 0 radical (unpaired) electrons. The maximum absolute atomic E-state index is 7.59. The molecule has 19 aromatic rings. The van der Waals surface area contributed by atoms with Crippen LogP contribution < -0.4 is 28.1 Å². The van der Waals surface area contributed by atoms with Gasteiger partial charge in [-0.3, -0.25) is 29.1 Å². The highest BCUT2D eigenvalue weighted by Gasteiger charge is 2.41. The molecule has 0 spiro atoms. The molecule has 13 aromatic carbocycles. The van der Waals surface area contributed by atoms with E-state index in [2.05, 4.69) is 316 Å². The number of hydrogen-bond donors (Lipinski definition) is 0. The number of aryl methyl sites for hydroxylation is 5. The van der Waals surface area contributed by atoms with Gasteiger partial charge in [0.1, 0.15) is 67.2 Å². The third-order valence-electron chi connectivity index (χ3n) is 29.5. The lowest BCUT2D eigenvalue weighted by Gasteiger charge is -2.13. The Balaban J connectivity index is 0.000000104. The van der Waals surface area contributed by atoms with Crippen molar-refractivity contribution in [2.75, 3.05) is 0 Å². The van der Waals surface area contributed by atoms with Crippen LogP contribution in [0.4, 0.5) is 68.2 Å². The molecule has 6 aliphatic rings. The molecule has 0 N–H and O–H groups in total. The van der Waals surface area contributed by atoms with Crippen LogP contribution in [0.2, 0.25) is 0 Å². The molecule has 0 fully saturated rings. The van der Waals surface area contributed by atoms with Gasteiger partial charge < -0.3 is 0 Å². The van der Waals surface area contributed by atoms with Crippen LogP contribution in [0.3, 0.4) is 0 Å². The van der Waals surface area contributed by atoms with E-state index >= 15 is 0 Å². The van der Waals surface area contributed by atoms with Gasteiger partial charge in [0.05, 0.1) is 128 Å². The predicted octanol–water partition coefficient (Wildman–Crippen LogP) is 26.6. The van der Waals surface area contributed by atoms with Crippen molar-refractivity contribution in [3.05, 3.63) is 443 Å². The molecule has 670 valence electrons. The highest BCUT2D eigenvalue weighted by atomic mass is 15.5. The summed E-state index contributed by atoms with van der Waals surface area (Å²) in [6, 6.07) is 49.8. The fraction of sp³-hybridized carbons (Fsp3) is 0.179. The molecule has 24 nitrogen and oxygen atoms in total. The van der Waals surface area contributed by atoms with Crippen molar-refractivity contribution in [3.8, 4) is 45.3 Å². The van der Waals surface area contributed by atoms with Crippen LogP contribution in [-0.2, 0) is 39.3 Å². The van der Waals surface area contributed by atoms with Crippen molar-refractivity contribution in [1.29, 1.82) is 0 Å². The van der Waals surface area contributed by atoms with E-state index in [1.54, 1.807) is 36.4 Å². The van der Waals surface area contributed by atoms with E-state index in [0.29, 0.717) is 68.2 Å². The van der Waals surface area contributed by atoms with Crippen molar-refractivity contribution >= 4 is 134 Å². The fourth-order valence-corrected chi connectivity index (χ4v) is 21.4. The molecule has 0 saturated carbocycles. The zero-order valence-electron chi connectivity index (χ0n) is 80.4. The van der Waals surface area contributed by atoms with Gasteiger partial charge >= 0.3 is 0 Å². The summed E-state index contributed by atoms with van der Waals surface area (Å²) in [5.74, 6) is 0. The Bertz CT molecular complexity index is 9520. The minimum absolute atomic E-state index is 0.404. The number of aromatic nitrogens is 12. The Hall–Kier alpha value is -19.4. The summed E-state index contributed by atoms with van der Waals surface area (Å²) in [5, 5.41) is 6.02. The van der Waals surface area contributed by atoms with E-state index in [4.69, 9.17) is 78.9 Å². The molecular weight excluding hydrogens is 1740 g/mol. The van der Waals surface area contributed by atoms with Crippen molar-refractivity contribution in [3.63, 3.8) is 0 Å². The molecule has 6 aromatic heterocycles. The number of nitrogens with zero attached hydrogens (tertiary/aromatic N) is 24. The van der Waals surface area contributed by atoms with Crippen LogP contribution in [0.5, 0.6) is 0 Å². The van der Waals surface area contributed by atoms with E-state index in [1.807, 2.05) is 54.6 Å². The maximum atomic E-state index is 7.59. The topological polar surface area (TPSA) is 105 Å². The number of fused-ring (bicyclic) bond motifs is 30. The molecule has 141 heavy (non-hydrogen) atoms. The predicted molar refractivity (Wildman–Crippen MR) is 547 cm³/mol. The molecule has 0 amide bonds. The lowest BCUT2D eigenvalue weighted by molar-refractivity contribution is -0.749. The third-order valence-corrected chi connectivity index (χ3v) is 29.5. The molecule has 0 saturated heterocycles. The molecule has 6 aliphatic heterocycles. The van der Waals surface area contributed by atoms with Gasteiger partial charge in [-0.1, -0.05) is 121 Å². The van der Waals surface area contributed by atoms with Crippen LogP contribution in [0.15, 0.2) is 189 Å². The van der Waals surface area contributed by atoms with Crippen LogP contribution in [-0.4, -0.2) is 28.1 Å². The first-order chi connectivity index (χ1) is 68.1. The van der Waals surface area contributed by atoms with Gasteiger partial charge in [-0.05, 0) is 229 Å². The van der Waals surface area contributed by atoms with Gasteiger partial charge in [0, 0.05) is 16.7 Å². The van der Waals surface area contributed by atoms with Gasteiger partial charge in [-0.2, -0.15) is 0 Å². The summed E-state index contributed by atoms with van der Waals surface area (Å²) in [6.07, 6.45) is 12.4. The van der Waals surface area contributed by atoms with Crippen molar-refractivity contribution in [2.24, 2.45) is 0 Å². The van der Waals surface area contributed by atoms with E-state index in [-0.39, 0.29) is 0 Å². The Morgan fingerprint density at radius 3 is 0.957 bits per heavy atom. The Morgan fingerprint density at radius 2 is 0.518 bits per heavy atom. The first-order valence-electron chi connectivity index (χ1n) is 45.8. The zero-order chi connectivity index (χ0) is 99.2. The molecule has 0 unspecified atom stereocenters. The van der Waals surface area contributed by atoms with Crippen LogP contribution in [0, 0.1) is 183 Å². The fourth-order valence-electron chi connectivity index (χ4n) is 21.4. The Kier molecular flexibility index (Phi) is 21.7. The Morgan fingerprint density at radius 1 is 0.206 bits per heavy atom. The average molecular weight is 1830 g/mol. The molecule has 25 rings (SSSR count). The van der Waals surface area contributed by atoms with Gasteiger partial charge in [0.25, 0.3) is 0 Å². The average Bonchev–Trinajstić information content (AvgIpc) is 1.57. The number of hydrogen-bond acceptors (Lipinski definition) is 0. The number of rotatable bonds is 1. The van der Waals surface area contributed by atoms with Gasteiger partial charge in [-0.15, -0.1) is 56.2 Å². The first kappa shape index (κ1) is 89.4. The highest BCUT2D eigenvalue weighted by molar-refractivity contribution is 6.05. The molecule has 0 aliphatic carbocycles. The van der Waals surface area contributed by atoms with E-state index < -0.39 is 0 Å². The number of benzene rings is 13. The summed E-state index contributed by atoms with van der Waals surface area (Å²) in [5.41, 5.74) is 46.2. The molecule has 0 bridgehead atoms. The third kappa shape index (κ3) is 13.6. The second-order valence-electron chi connectivity index (χ2n) is 36.7. The molecular formula is C117H88N24+6. The van der Waals surface area contributed by atoms with Gasteiger partial charge in [0.2, 0.25) is 71.3 Å². The summed E-state index contributed by atoms with van der Waals surface area (Å²) in [7, 11) is 0. The largest absolute Gasteiger partial charge is 0.250 e. The smallest absolute Gasteiger partial charge is 0.224 e. The van der Waals surface area contributed by atoms with Gasteiger partial charge in [-0.25, -0.2) is 29.1 Å². The minimum Gasteiger partial charge on any atom is -0.250 e. The standard InChI is InChI=1S/C22H13N4.C20H17N4.3C19H15N4.C18H13N4/c1-23-19-11-10-18-14-25-13-17-9-8-16(15-6-4-3-5-7-15)12-20(17)26(25)22(18)21(19)24-2;1-11-12(2)14(4)19-16(13(11)3)10-23-9-15-7-8-17(21-5)18(22-6)20(15)24(19)23;1-11-8-17-15(13(3)12(11)2)10-22-9-14-6-7-16(20-4)18(21-5)19(14)23(17)22;1-11-8-15-10-22-9-14-6-7-16(20-4)17(21-5)19(14)23(22)18(15)13(3)12(11)2;1-11-8-12(2)15-10-22-9-14-6-7-16(20-4)17(21-5)19(14)23(22)18(15)13(11)3;1-11-5-6-13-9-21-10-14-7-8-15(19-3)16(20-4)18(14)22(21)17(13)12(11)2/h3-12,14H,13H2;7-9H,10H2,1-4H3;3*6-9H,10H2,1-3H3;5-8,10H,9H2,1-2H3/q6*+1. The summed E-state index contributed by atoms with van der Waals surface area (Å²) in [6.45, 7) is 126.